The van der Waals surface area contributed by atoms with E-state index in [0.717, 1.165) is 10.8 Å². The fraction of sp³-hybridized carbons (Fsp3) is 0.267. The van der Waals surface area contributed by atoms with Crippen molar-refractivity contribution in [3.8, 4) is 5.75 Å². The van der Waals surface area contributed by atoms with Gasteiger partial charge < -0.3 is 20.1 Å². The maximum Gasteiger partial charge on any atom is 0.308 e. The van der Waals surface area contributed by atoms with E-state index in [2.05, 4.69) is 4.74 Å². The van der Waals surface area contributed by atoms with Crippen molar-refractivity contribution in [1.29, 1.82) is 0 Å². The van der Waals surface area contributed by atoms with Gasteiger partial charge in [0.25, 0.3) is 0 Å². The number of esters is 1. The molecule has 2 aromatic rings. The van der Waals surface area contributed by atoms with E-state index in [4.69, 9.17) is 0 Å². The number of aliphatic hydroxyl groups excluding tert-OH is 2. The van der Waals surface area contributed by atoms with Crippen LogP contribution in [0.25, 0.3) is 10.8 Å². The van der Waals surface area contributed by atoms with Crippen molar-refractivity contribution in [2.24, 2.45) is 0 Å². The van der Waals surface area contributed by atoms with Gasteiger partial charge in [-0.3, -0.25) is 4.79 Å². The van der Waals surface area contributed by atoms with Crippen LogP contribution in [0.2, 0.25) is 0 Å². The summed E-state index contributed by atoms with van der Waals surface area (Å²) in [5.74, 6) is -0.464. The summed E-state index contributed by atoms with van der Waals surface area (Å²) in [6.45, 7) is 0. The molecule has 0 aliphatic heterocycles. The molecule has 0 aromatic heterocycles. The number of fused-ring (bicyclic) bond motifs is 1. The molecule has 2 atom stereocenters. The number of benzene rings is 2. The van der Waals surface area contributed by atoms with Crippen LogP contribution in [0.15, 0.2) is 36.4 Å². The topological polar surface area (TPSA) is 87.0 Å². The molecule has 0 aliphatic carbocycles. The monoisotopic (exact) mass is 276 g/mol. The standard InChI is InChI=1S/C15H16O5/c1-20-14(18)8-13(17)15(19)10-3-2-9-4-5-12(16)7-11(9)6-10/h2-7,13,15-17,19H,8H2,1H3. The van der Waals surface area contributed by atoms with Crippen LogP contribution in [0, 0.1) is 0 Å². The third-order valence-corrected chi connectivity index (χ3v) is 3.16. The van der Waals surface area contributed by atoms with E-state index >= 15 is 0 Å². The largest absolute Gasteiger partial charge is 0.508 e. The molecule has 20 heavy (non-hydrogen) atoms. The number of carbonyl (C=O) groups excluding carboxylic acids is 1. The van der Waals surface area contributed by atoms with Gasteiger partial charge in [0.05, 0.1) is 19.6 Å². The zero-order valence-electron chi connectivity index (χ0n) is 11.0. The van der Waals surface area contributed by atoms with E-state index in [0.29, 0.717) is 5.56 Å². The lowest BCUT2D eigenvalue weighted by atomic mass is 9.99. The van der Waals surface area contributed by atoms with Crippen molar-refractivity contribution in [2.45, 2.75) is 18.6 Å². The summed E-state index contributed by atoms with van der Waals surface area (Å²) in [5, 5.41) is 30.9. The minimum atomic E-state index is -1.24. The summed E-state index contributed by atoms with van der Waals surface area (Å²) in [6.07, 6.45) is -2.71. The van der Waals surface area contributed by atoms with Crippen LogP contribution in [-0.4, -0.2) is 34.5 Å². The van der Waals surface area contributed by atoms with Gasteiger partial charge in [0.1, 0.15) is 11.9 Å². The van der Waals surface area contributed by atoms with Crippen molar-refractivity contribution in [1.82, 2.24) is 0 Å². The molecule has 5 heteroatoms. The molecule has 0 bridgehead atoms. The van der Waals surface area contributed by atoms with Gasteiger partial charge in [-0.1, -0.05) is 18.2 Å². The molecule has 2 unspecified atom stereocenters. The van der Waals surface area contributed by atoms with Crippen LogP contribution in [0.4, 0.5) is 0 Å². The van der Waals surface area contributed by atoms with E-state index in [1.165, 1.54) is 7.11 Å². The predicted octanol–water partition coefficient (Wildman–Crippen LogP) is 1.50. The molecule has 106 valence electrons. The quantitative estimate of drug-likeness (QED) is 0.737. The average molecular weight is 276 g/mol. The smallest absolute Gasteiger partial charge is 0.308 e. The molecule has 0 spiro atoms. The maximum atomic E-state index is 11.1. The molecular weight excluding hydrogens is 260 g/mol. The summed E-state index contributed by atoms with van der Waals surface area (Å²) in [5.41, 5.74) is 0.472. The van der Waals surface area contributed by atoms with Crippen molar-refractivity contribution >= 4 is 16.7 Å². The number of ether oxygens (including phenoxy) is 1. The molecule has 3 N–H and O–H groups in total. The molecule has 0 saturated heterocycles. The lowest BCUT2D eigenvalue weighted by Crippen LogP contribution is -2.22. The minimum absolute atomic E-state index is 0.124. The van der Waals surface area contributed by atoms with E-state index in [9.17, 15) is 20.1 Å². The first kappa shape index (κ1) is 14.3. The number of hydrogen-bond donors (Lipinski definition) is 3. The Kier molecular flexibility index (Phi) is 4.22. The van der Waals surface area contributed by atoms with Crippen molar-refractivity contribution in [3.63, 3.8) is 0 Å². The fourth-order valence-corrected chi connectivity index (χ4v) is 2.02. The fourth-order valence-electron chi connectivity index (χ4n) is 2.02. The first-order valence-corrected chi connectivity index (χ1v) is 6.17. The summed E-state index contributed by atoms with van der Waals surface area (Å²) < 4.78 is 4.45. The molecule has 0 saturated carbocycles. The van der Waals surface area contributed by atoms with Gasteiger partial charge in [-0.15, -0.1) is 0 Å². The Bertz CT molecular complexity index is 623. The van der Waals surface area contributed by atoms with Crippen molar-refractivity contribution in [3.05, 3.63) is 42.0 Å². The molecule has 0 heterocycles. The SMILES string of the molecule is COC(=O)CC(O)C(O)c1ccc2ccc(O)cc2c1. The van der Waals surface area contributed by atoms with Crippen LogP contribution in [-0.2, 0) is 9.53 Å². The molecule has 0 radical (unpaired) electrons. The first-order valence-electron chi connectivity index (χ1n) is 6.17. The zero-order chi connectivity index (χ0) is 14.7. The van der Waals surface area contributed by atoms with E-state index in [1.54, 1.807) is 36.4 Å². The second-order valence-electron chi connectivity index (χ2n) is 4.58. The molecule has 5 nitrogen and oxygen atoms in total. The highest BCUT2D eigenvalue weighted by molar-refractivity contribution is 5.84. The van der Waals surface area contributed by atoms with Gasteiger partial charge in [0, 0.05) is 0 Å². The van der Waals surface area contributed by atoms with Gasteiger partial charge in [-0.05, 0) is 34.5 Å². The van der Waals surface area contributed by atoms with Crippen molar-refractivity contribution < 1.29 is 24.9 Å². The average Bonchev–Trinajstić information content (AvgIpc) is 2.45. The van der Waals surface area contributed by atoms with Crippen LogP contribution in [0.3, 0.4) is 0 Å². The zero-order valence-corrected chi connectivity index (χ0v) is 11.0. The van der Waals surface area contributed by atoms with E-state index < -0.39 is 18.2 Å². The summed E-state index contributed by atoms with van der Waals surface area (Å²) >= 11 is 0. The van der Waals surface area contributed by atoms with E-state index in [-0.39, 0.29) is 12.2 Å². The highest BCUT2D eigenvalue weighted by Gasteiger charge is 2.22. The molecule has 0 amide bonds. The second kappa shape index (κ2) is 5.90. The van der Waals surface area contributed by atoms with Gasteiger partial charge in [0.2, 0.25) is 0 Å². The minimum Gasteiger partial charge on any atom is -0.508 e. The Morgan fingerprint density at radius 1 is 1.15 bits per heavy atom. The van der Waals surface area contributed by atoms with Crippen LogP contribution in [0.1, 0.15) is 18.1 Å². The first-order chi connectivity index (χ1) is 9.51. The third kappa shape index (κ3) is 3.07. The van der Waals surface area contributed by atoms with Crippen LogP contribution in [0.5, 0.6) is 5.75 Å². The number of phenols is 1. The number of aliphatic hydroxyl groups is 2. The van der Waals surface area contributed by atoms with Gasteiger partial charge >= 0.3 is 5.97 Å². The Hall–Kier alpha value is -2.11. The maximum absolute atomic E-state index is 11.1. The highest BCUT2D eigenvalue weighted by Crippen LogP contribution is 2.26. The number of rotatable bonds is 4. The Balaban J connectivity index is 2.25. The molecular formula is C15H16O5. The number of carbonyl (C=O) groups is 1. The summed E-state index contributed by atoms with van der Waals surface area (Å²) in [6, 6.07) is 10.0. The summed E-state index contributed by atoms with van der Waals surface area (Å²) in [4.78, 5) is 11.1. The number of hydrogen-bond acceptors (Lipinski definition) is 5. The number of aromatic hydroxyl groups is 1. The van der Waals surface area contributed by atoms with Gasteiger partial charge in [0.15, 0.2) is 0 Å². The third-order valence-electron chi connectivity index (χ3n) is 3.16. The molecule has 0 fully saturated rings. The number of methoxy groups -OCH3 is 1. The molecule has 0 aliphatic rings. The number of phenolic OH excluding ortho intramolecular Hbond substituents is 1. The Labute approximate surface area is 116 Å². The highest BCUT2D eigenvalue weighted by atomic mass is 16.5. The Morgan fingerprint density at radius 2 is 1.85 bits per heavy atom. The summed E-state index contributed by atoms with van der Waals surface area (Å²) in [7, 11) is 1.22. The molecule has 2 aromatic carbocycles. The van der Waals surface area contributed by atoms with E-state index in [1.807, 2.05) is 0 Å². The second-order valence-corrected chi connectivity index (χ2v) is 4.58. The van der Waals surface area contributed by atoms with Gasteiger partial charge in [-0.25, -0.2) is 0 Å². The van der Waals surface area contributed by atoms with Crippen LogP contribution < -0.4 is 0 Å². The van der Waals surface area contributed by atoms with Gasteiger partial charge in [-0.2, -0.15) is 0 Å². The van der Waals surface area contributed by atoms with Crippen molar-refractivity contribution in [2.75, 3.05) is 7.11 Å². The van der Waals surface area contributed by atoms with Crippen LogP contribution >= 0.6 is 0 Å². The normalized spacial score (nSPS) is 13.9. The molecule has 2 rings (SSSR count). The predicted molar refractivity (Wildman–Crippen MR) is 73.2 cm³/mol. The Morgan fingerprint density at radius 3 is 2.55 bits per heavy atom. The lowest BCUT2D eigenvalue weighted by molar-refractivity contribution is -0.144. The lowest BCUT2D eigenvalue weighted by Gasteiger charge is -2.17.